The molecule has 34 heavy (non-hydrogen) atoms. The van der Waals surface area contributed by atoms with Crippen LogP contribution in [0.5, 0.6) is 5.75 Å². The van der Waals surface area contributed by atoms with Gasteiger partial charge in [-0.2, -0.15) is 5.10 Å². The van der Waals surface area contributed by atoms with Gasteiger partial charge in [0.1, 0.15) is 11.6 Å². The molecule has 2 aromatic heterocycles. The Labute approximate surface area is 195 Å². The molecule has 0 radical (unpaired) electrons. The van der Waals surface area contributed by atoms with Gasteiger partial charge in [0.15, 0.2) is 0 Å². The van der Waals surface area contributed by atoms with E-state index < -0.39 is 5.97 Å². The van der Waals surface area contributed by atoms with E-state index in [1.165, 1.54) is 12.1 Å². The van der Waals surface area contributed by atoms with E-state index >= 15 is 0 Å². The van der Waals surface area contributed by atoms with E-state index in [4.69, 9.17) is 4.74 Å². The van der Waals surface area contributed by atoms with E-state index in [-0.39, 0.29) is 18.2 Å². The first kappa shape index (κ1) is 21.7. The van der Waals surface area contributed by atoms with Crippen molar-refractivity contribution in [3.05, 3.63) is 77.9 Å². The van der Waals surface area contributed by atoms with E-state index in [1.54, 1.807) is 31.5 Å². The van der Waals surface area contributed by atoms with Gasteiger partial charge in [-0.15, -0.1) is 0 Å². The van der Waals surface area contributed by atoms with Crippen molar-refractivity contribution in [1.29, 1.82) is 0 Å². The molecule has 6 nitrogen and oxygen atoms in total. The zero-order chi connectivity index (χ0) is 24.0. The van der Waals surface area contributed by atoms with Gasteiger partial charge in [-0.05, 0) is 60.0 Å². The lowest BCUT2D eigenvalue weighted by atomic mass is 9.94. The number of hydrogen-bond acceptors (Lipinski definition) is 3. The summed E-state index contributed by atoms with van der Waals surface area (Å²) in [5.41, 5.74) is 6.15. The van der Waals surface area contributed by atoms with Crippen molar-refractivity contribution in [2.75, 3.05) is 7.11 Å². The molecule has 0 atom stereocenters. The molecule has 0 fully saturated rings. The zero-order valence-corrected chi connectivity index (χ0v) is 19.1. The highest BCUT2D eigenvalue weighted by Crippen LogP contribution is 2.45. The van der Waals surface area contributed by atoms with Crippen molar-refractivity contribution >= 4 is 27.8 Å². The second kappa shape index (κ2) is 8.33. The molecule has 3 aromatic carbocycles. The van der Waals surface area contributed by atoms with Crippen LogP contribution in [0.4, 0.5) is 4.39 Å². The topological polar surface area (TPSA) is 80.1 Å². The second-order valence-electron chi connectivity index (χ2n) is 8.66. The van der Waals surface area contributed by atoms with Gasteiger partial charge in [0, 0.05) is 33.3 Å². The van der Waals surface area contributed by atoms with Gasteiger partial charge in [0.25, 0.3) is 0 Å². The van der Waals surface area contributed by atoms with Crippen LogP contribution in [0.2, 0.25) is 0 Å². The summed E-state index contributed by atoms with van der Waals surface area (Å²) in [6.45, 7) is 4.22. The van der Waals surface area contributed by atoms with Gasteiger partial charge in [-0.1, -0.05) is 19.9 Å². The number of aromatic amines is 1. The van der Waals surface area contributed by atoms with Crippen LogP contribution >= 0.6 is 0 Å². The van der Waals surface area contributed by atoms with Crippen LogP contribution in [-0.2, 0) is 11.2 Å². The lowest BCUT2D eigenvalue weighted by Gasteiger charge is -2.17. The molecule has 5 aromatic rings. The SMILES string of the molecule is COc1ccc(CC(=O)O)cc1-c1c(C(C)C)n(-c2ccc(F)cc2)c2cc3cn[nH]c3cc12. The number of methoxy groups -OCH3 is 1. The molecule has 0 unspecified atom stereocenters. The minimum Gasteiger partial charge on any atom is -0.496 e. The summed E-state index contributed by atoms with van der Waals surface area (Å²) in [4.78, 5) is 11.4. The minimum absolute atomic E-state index is 0.0879. The number of nitrogens with zero attached hydrogens (tertiary/aromatic N) is 2. The summed E-state index contributed by atoms with van der Waals surface area (Å²) in [5, 5.41) is 18.5. The highest BCUT2D eigenvalue weighted by molar-refractivity contribution is 6.06. The van der Waals surface area contributed by atoms with Crippen molar-refractivity contribution in [3.8, 4) is 22.6 Å². The Hall–Kier alpha value is -4.13. The summed E-state index contributed by atoms with van der Waals surface area (Å²) in [6, 6.07) is 16.0. The normalized spacial score (nSPS) is 11.6. The van der Waals surface area contributed by atoms with Crippen LogP contribution in [0.1, 0.15) is 31.0 Å². The van der Waals surface area contributed by atoms with Crippen LogP contribution < -0.4 is 4.74 Å². The Morgan fingerprint density at radius 3 is 2.59 bits per heavy atom. The predicted molar refractivity (Wildman–Crippen MR) is 130 cm³/mol. The van der Waals surface area contributed by atoms with E-state index in [9.17, 15) is 14.3 Å². The van der Waals surface area contributed by atoms with Crippen LogP contribution in [0.25, 0.3) is 38.6 Å². The van der Waals surface area contributed by atoms with Gasteiger partial charge in [0.2, 0.25) is 0 Å². The number of H-pyrrole nitrogens is 1. The van der Waals surface area contributed by atoms with Crippen LogP contribution in [0, 0.1) is 5.82 Å². The first-order valence-corrected chi connectivity index (χ1v) is 11.0. The summed E-state index contributed by atoms with van der Waals surface area (Å²) in [6.07, 6.45) is 1.69. The summed E-state index contributed by atoms with van der Waals surface area (Å²) >= 11 is 0. The fraction of sp³-hybridized carbons (Fsp3) is 0.185. The number of halogens is 1. The maximum Gasteiger partial charge on any atom is 0.307 e. The monoisotopic (exact) mass is 457 g/mol. The molecule has 172 valence electrons. The standard InChI is InChI=1S/C27H24FN3O3/c1-15(2)27-26(21-10-16(11-25(32)33)4-9-24(21)34-3)20-13-22-17(14-29-30-22)12-23(20)31(27)19-7-5-18(28)6-8-19/h4-10,12-15H,11H2,1-3H3,(H,29,30)(H,32,33). The van der Waals surface area contributed by atoms with Crippen molar-refractivity contribution in [1.82, 2.24) is 14.8 Å². The van der Waals surface area contributed by atoms with Crippen molar-refractivity contribution in [3.63, 3.8) is 0 Å². The molecule has 0 amide bonds. The number of rotatable bonds is 6. The Kier molecular flexibility index (Phi) is 5.32. The third-order valence-electron chi connectivity index (χ3n) is 6.08. The molecular formula is C27H24FN3O3. The molecule has 2 heterocycles. The quantitative estimate of drug-likeness (QED) is 0.324. The number of fused-ring (bicyclic) bond motifs is 2. The lowest BCUT2D eigenvalue weighted by molar-refractivity contribution is -0.136. The Morgan fingerprint density at radius 2 is 1.91 bits per heavy atom. The smallest absolute Gasteiger partial charge is 0.307 e. The van der Waals surface area contributed by atoms with Crippen LogP contribution in [0.15, 0.2) is 60.8 Å². The maximum atomic E-state index is 13.8. The first-order chi connectivity index (χ1) is 16.4. The Morgan fingerprint density at radius 1 is 1.15 bits per heavy atom. The first-order valence-electron chi connectivity index (χ1n) is 11.0. The number of carboxylic acid groups (broad SMARTS) is 1. The second-order valence-corrected chi connectivity index (χ2v) is 8.66. The molecule has 0 saturated heterocycles. The third-order valence-corrected chi connectivity index (χ3v) is 6.08. The number of carboxylic acids is 1. The number of benzene rings is 3. The largest absolute Gasteiger partial charge is 0.496 e. The van der Waals surface area contributed by atoms with Crippen LogP contribution in [-0.4, -0.2) is 33.0 Å². The van der Waals surface area contributed by atoms with E-state index in [2.05, 4.69) is 40.7 Å². The number of carbonyl (C=O) groups is 1. The number of nitrogens with one attached hydrogen (secondary N) is 1. The Balaban J connectivity index is 1.93. The molecule has 2 N–H and O–H groups in total. The predicted octanol–water partition coefficient (Wildman–Crippen LogP) is 6.07. The summed E-state index contributed by atoms with van der Waals surface area (Å²) in [5.74, 6) is -0.449. The molecule has 0 saturated carbocycles. The summed E-state index contributed by atoms with van der Waals surface area (Å²) < 4.78 is 21.6. The van der Waals surface area contributed by atoms with E-state index in [0.717, 1.165) is 44.3 Å². The third kappa shape index (κ3) is 3.59. The molecule has 0 bridgehead atoms. The number of hydrogen-bond donors (Lipinski definition) is 2. The van der Waals surface area contributed by atoms with E-state index in [0.29, 0.717) is 11.3 Å². The van der Waals surface area contributed by atoms with Gasteiger partial charge < -0.3 is 14.4 Å². The van der Waals surface area contributed by atoms with Gasteiger partial charge in [0.05, 0.1) is 30.8 Å². The maximum absolute atomic E-state index is 13.8. The molecule has 7 heteroatoms. The highest BCUT2D eigenvalue weighted by atomic mass is 19.1. The lowest BCUT2D eigenvalue weighted by Crippen LogP contribution is -2.04. The minimum atomic E-state index is -0.895. The van der Waals surface area contributed by atoms with Crippen molar-refractivity contribution < 1.29 is 19.0 Å². The average Bonchev–Trinajstić information content (AvgIpc) is 3.39. The summed E-state index contributed by atoms with van der Waals surface area (Å²) in [7, 11) is 1.61. The van der Waals surface area contributed by atoms with Gasteiger partial charge in [-0.3, -0.25) is 9.89 Å². The Bertz CT molecular complexity index is 1530. The zero-order valence-electron chi connectivity index (χ0n) is 19.1. The molecule has 0 aliphatic carbocycles. The number of aliphatic carboxylic acids is 1. The number of aromatic nitrogens is 3. The molecular weight excluding hydrogens is 433 g/mol. The molecule has 0 spiro atoms. The number of ether oxygens (including phenoxy) is 1. The van der Waals surface area contributed by atoms with Gasteiger partial charge in [-0.25, -0.2) is 4.39 Å². The molecule has 0 aliphatic rings. The van der Waals surface area contributed by atoms with E-state index in [1.807, 2.05) is 12.1 Å². The fourth-order valence-electron chi connectivity index (χ4n) is 4.68. The average molecular weight is 458 g/mol. The molecule has 5 rings (SSSR count). The fourth-order valence-corrected chi connectivity index (χ4v) is 4.68. The van der Waals surface area contributed by atoms with Crippen molar-refractivity contribution in [2.24, 2.45) is 0 Å². The highest BCUT2D eigenvalue weighted by Gasteiger charge is 2.25. The molecule has 0 aliphatic heterocycles. The van der Waals surface area contributed by atoms with Gasteiger partial charge >= 0.3 is 5.97 Å². The van der Waals surface area contributed by atoms with Crippen molar-refractivity contribution in [2.45, 2.75) is 26.2 Å². The van der Waals surface area contributed by atoms with Crippen LogP contribution in [0.3, 0.4) is 0 Å².